The minimum absolute atomic E-state index is 0.0108. The lowest BCUT2D eigenvalue weighted by molar-refractivity contribution is -0.113. The molecule has 1 aliphatic carbocycles. The molecule has 3 nitrogen and oxygen atoms in total. The van der Waals surface area contributed by atoms with Crippen LogP contribution in [-0.4, -0.2) is 22.3 Å². The van der Waals surface area contributed by atoms with Gasteiger partial charge in [-0.3, -0.25) is 0 Å². The van der Waals surface area contributed by atoms with Crippen LogP contribution in [0.2, 0.25) is 0 Å². The van der Waals surface area contributed by atoms with Crippen LogP contribution in [-0.2, 0) is 10.2 Å². The topological polar surface area (TPSA) is 46.5 Å². The molecule has 0 radical (unpaired) electrons. The molecule has 1 aromatic rings. The standard InChI is InChI=1S/C25H37BrO3/c1-24(2,11-7-5-6-8-12-26)18-14-21(28)23-19-13-17(16-27)9-10-20(19)25(3,4)29-22(23)15-18/h14-17,19-20,28H,5-13H2,1-4H3/t17?,19-,20-/m1/s1. The largest absolute Gasteiger partial charge is 0.508 e. The van der Waals surface area contributed by atoms with Gasteiger partial charge in [0.2, 0.25) is 0 Å². The first-order valence-corrected chi connectivity index (χ1v) is 12.4. The maximum atomic E-state index is 11.4. The van der Waals surface area contributed by atoms with Crippen molar-refractivity contribution in [3.63, 3.8) is 0 Å². The van der Waals surface area contributed by atoms with Crippen LogP contribution in [0.5, 0.6) is 11.5 Å². The summed E-state index contributed by atoms with van der Waals surface area (Å²) in [5.41, 5.74) is 1.78. The number of halogens is 1. The van der Waals surface area contributed by atoms with E-state index in [2.05, 4.69) is 49.7 Å². The van der Waals surface area contributed by atoms with E-state index in [1.807, 2.05) is 6.07 Å². The lowest BCUT2D eigenvalue weighted by Crippen LogP contribution is -2.47. The number of unbranched alkanes of at least 4 members (excludes halogenated alkanes) is 3. The molecule has 1 N–H and O–H groups in total. The van der Waals surface area contributed by atoms with Gasteiger partial charge in [-0.1, -0.05) is 49.0 Å². The highest BCUT2D eigenvalue weighted by Crippen LogP contribution is 2.55. The molecule has 162 valence electrons. The number of phenolic OH excluding ortho intramolecular Hbond substituents is 1. The lowest BCUT2D eigenvalue weighted by Gasteiger charge is -2.48. The molecule has 1 unspecified atom stereocenters. The third-order valence-electron chi connectivity index (χ3n) is 7.31. The summed E-state index contributed by atoms with van der Waals surface area (Å²) in [6, 6.07) is 4.12. The van der Waals surface area contributed by atoms with Crippen molar-refractivity contribution in [3.8, 4) is 11.5 Å². The number of carbonyl (C=O) groups is 1. The normalized spacial score (nSPS) is 25.6. The van der Waals surface area contributed by atoms with Gasteiger partial charge >= 0.3 is 0 Å². The highest BCUT2D eigenvalue weighted by molar-refractivity contribution is 9.09. The Hall–Kier alpha value is -1.03. The van der Waals surface area contributed by atoms with Crippen molar-refractivity contribution in [2.75, 3.05) is 5.33 Å². The molecule has 0 saturated heterocycles. The molecule has 1 heterocycles. The van der Waals surface area contributed by atoms with Crippen molar-refractivity contribution in [3.05, 3.63) is 23.3 Å². The number of aromatic hydroxyl groups is 1. The molecule has 29 heavy (non-hydrogen) atoms. The van der Waals surface area contributed by atoms with E-state index >= 15 is 0 Å². The van der Waals surface area contributed by atoms with E-state index < -0.39 is 0 Å². The molecule has 0 bridgehead atoms. The molecule has 1 aromatic carbocycles. The molecule has 3 atom stereocenters. The third-order valence-corrected chi connectivity index (χ3v) is 7.87. The molecule has 0 amide bonds. The summed E-state index contributed by atoms with van der Waals surface area (Å²) < 4.78 is 6.48. The quantitative estimate of drug-likeness (QED) is 0.259. The lowest BCUT2D eigenvalue weighted by atomic mass is 9.64. The Labute approximate surface area is 184 Å². The van der Waals surface area contributed by atoms with Gasteiger partial charge < -0.3 is 14.6 Å². The Kier molecular flexibility index (Phi) is 7.03. The zero-order valence-corrected chi connectivity index (χ0v) is 20.1. The fourth-order valence-electron chi connectivity index (χ4n) is 5.46. The minimum atomic E-state index is -0.281. The first-order valence-electron chi connectivity index (χ1n) is 11.3. The highest BCUT2D eigenvalue weighted by Gasteiger charge is 2.48. The van der Waals surface area contributed by atoms with Crippen molar-refractivity contribution in [2.24, 2.45) is 11.8 Å². The number of ether oxygens (including phenoxy) is 1. The van der Waals surface area contributed by atoms with Crippen LogP contribution in [0.15, 0.2) is 12.1 Å². The van der Waals surface area contributed by atoms with E-state index in [4.69, 9.17) is 4.74 Å². The van der Waals surface area contributed by atoms with Gasteiger partial charge in [-0.2, -0.15) is 0 Å². The van der Waals surface area contributed by atoms with Crippen LogP contribution in [0.3, 0.4) is 0 Å². The highest BCUT2D eigenvalue weighted by atomic mass is 79.9. The van der Waals surface area contributed by atoms with Crippen molar-refractivity contribution >= 4 is 22.2 Å². The van der Waals surface area contributed by atoms with Crippen LogP contribution in [0, 0.1) is 11.8 Å². The van der Waals surface area contributed by atoms with Crippen LogP contribution in [0.1, 0.15) is 96.1 Å². The van der Waals surface area contributed by atoms with Gasteiger partial charge in [0, 0.05) is 22.7 Å². The van der Waals surface area contributed by atoms with E-state index in [1.54, 1.807) is 0 Å². The summed E-state index contributed by atoms with van der Waals surface area (Å²) in [7, 11) is 0. The van der Waals surface area contributed by atoms with Gasteiger partial charge in [0.15, 0.2) is 0 Å². The van der Waals surface area contributed by atoms with Crippen LogP contribution < -0.4 is 4.74 Å². The Morgan fingerprint density at radius 3 is 2.62 bits per heavy atom. The molecule has 4 heteroatoms. The second kappa shape index (κ2) is 8.99. The average molecular weight is 465 g/mol. The Morgan fingerprint density at radius 1 is 1.21 bits per heavy atom. The second-order valence-electron chi connectivity index (χ2n) is 10.3. The van der Waals surface area contributed by atoms with Crippen LogP contribution in [0.4, 0.5) is 0 Å². The SMILES string of the molecule is CC(C)(CCCCCCBr)c1cc(O)c2c(c1)OC(C)(C)[C@@H]1CCC(C=O)C[C@@H]21. The second-order valence-corrected chi connectivity index (χ2v) is 11.1. The van der Waals surface area contributed by atoms with Gasteiger partial charge in [0.05, 0.1) is 0 Å². The molecule has 1 saturated carbocycles. The van der Waals surface area contributed by atoms with Crippen LogP contribution in [0.25, 0.3) is 0 Å². The Bertz CT molecular complexity index is 725. The van der Waals surface area contributed by atoms with Crippen molar-refractivity contribution in [1.29, 1.82) is 0 Å². The number of aldehydes is 1. The van der Waals surface area contributed by atoms with Gasteiger partial charge in [-0.15, -0.1) is 0 Å². The molecular formula is C25H37BrO3. The monoisotopic (exact) mass is 464 g/mol. The zero-order valence-electron chi connectivity index (χ0n) is 18.5. The summed E-state index contributed by atoms with van der Waals surface area (Å²) in [6.07, 6.45) is 9.83. The van der Waals surface area contributed by atoms with Crippen molar-refractivity contribution < 1.29 is 14.6 Å². The van der Waals surface area contributed by atoms with Gasteiger partial charge in [-0.05, 0) is 75.0 Å². The molecule has 1 aliphatic heterocycles. The number of carbonyl (C=O) groups excluding carboxylic acids is 1. The minimum Gasteiger partial charge on any atom is -0.508 e. The molecule has 0 spiro atoms. The molecule has 1 fully saturated rings. The first-order chi connectivity index (χ1) is 13.7. The predicted molar refractivity (Wildman–Crippen MR) is 122 cm³/mol. The van der Waals surface area contributed by atoms with E-state index in [0.29, 0.717) is 11.7 Å². The zero-order chi connectivity index (χ0) is 21.2. The first kappa shape index (κ1) is 22.7. The predicted octanol–water partition coefficient (Wildman–Crippen LogP) is 6.89. The number of hydrogen-bond acceptors (Lipinski definition) is 3. The fourth-order valence-corrected chi connectivity index (χ4v) is 5.85. The maximum Gasteiger partial charge on any atom is 0.127 e. The van der Waals surface area contributed by atoms with Gasteiger partial charge in [0.25, 0.3) is 0 Å². The molecular weight excluding hydrogens is 428 g/mol. The van der Waals surface area contributed by atoms with E-state index in [-0.39, 0.29) is 22.9 Å². The fraction of sp³-hybridized carbons (Fsp3) is 0.720. The van der Waals surface area contributed by atoms with Crippen LogP contribution >= 0.6 is 15.9 Å². The van der Waals surface area contributed by atoms with Gasteiger partial charge in [0.1, 0.15) is 23.4 Å². The van der Waals surface area contributed by atoms with E-state index in [0.717, 1.165) is 54.2 Å². The number of hydrogen-bond donors (Lipinski definition) is 1. The molecule has 3 rings (SSSR count). The van der Waals surface area contributed by atoms with E-state index in [9.17, 15) is 9.90 Å². The molecule has 0 aromatic heterocycles. The average Bonchev–Trinajstić information content (AvgIpc) is 2.66. The summed E-state index contributed by atoms with van der Waals surface area (Å²) in [5, 5.41) is 12.1. The summed E-state index contributed by atoms with van der Waals surface area (Å²) in [5.74, 6) is 1.80. The Morgan fingerprint density at radius 2 is 1.93 bits per heavy atom. The Balaban J connectivity index is 1.86. The number of benzene rings is 1. The summed E-state index contributed by atoms with van der Waals surface area (Å²) in [6.45, 7) is 8.85. The third kappa shape index (κ3) is 4.84. The van der Waals surface area contributed by atoms with Crippen molar-refractivity contribution in [2.45, 2.75) is 96.0 Å². The number of phenols is 1. The van der Waals surface area contributed by atoms with Crippen molar-refractivity contribution in [1.82, 2.24) is 0 Å². The molecule has 2 aliphatic rings. The summed E-state index contributed by atoms with van der Waals surface area (Å²) >= 11 is 3.50. The van der Waals surface area contributed by atoms with E-state index in [1.165, 1.54) is 25.7 Å². The number of alkyl halides is 1. The van der Waals surface area contributed by atoms with Gasteiger partial charge in [-0.25, -0.2) is 0 Å². The smallest absolute Gasteiger partial charge is 0.127 e. The number of fused-ring (bicyclic) bond motifs is 3. The maximum absolute atomic E-state index is 11.4. The summed E-state index contributed by atoms with van der Waals surface area (Å²) in [4.78, 5) is 11.4. The number of rotatable bonds is 8.